The van der Waals surface area contributed by atoms with Crippen LogP contribution in [0.2, 0.25) is 0 Å². The smallest absolute Gasteiger partial charge is 0.166 e. The number of aldehydes is 2. The number of rotatable bonds is 4. The van der Waals surface area contributed by atoms with Crippen LogP contribution in [0.3, 0.4) is 0 Å². The minimum atomic E-state index is -0.456. The van der Waals surface area contributed by atoms with E-state index >= 15 is 0 Å². The molecule has 0 saturated carbocycles. The molecule has 0 atom stereocenters. The average Bonchev–Trinajstić information content (AvgIpc) is 3.36. The highest BCUT2D eigenvalue weighted by Crippen LogP contribution is 2.24. The number of fused-ring (bicyclic) bond motifs is 2. The quantitative estimate of drug-likeness (QED) is 0.418. The zero-order chi connectivity index (χ0) is 22.7. The lowest BCUT2D eigenvalue weighted by Gasteiger charge is -2.08. The van der Waals surface area contributed by atoms with Crippen molar-refractivity contribution >= 4 is 29.6 Å². The molecular formula is C25H17F3N2O2. The van der Waals surface area contributed by atoms with Crippen molar-refractivity contribution in [1.29, 1.82) is 0 Å². The Morgan fingerprint density at radius 3 is 2.47 bits per heavy atom. The lowest BCUT2D eigenvalue weighted by atomic mass is 10.1. The molecule has 0 spiro atoms. The first-order chi connectivity index (χ1) is 15.5. The predicted molar refractivity (Wildman–Crippen MR) is 115 cm³/mol. The summed E-state index contributed by atoms with van der Waals surface area (Å²) in [6.07, 6.45) is 5.32. The number of carbonyl (C=O) groups is 2. The number of allylic oxidation sites excluding steroid dienone is 1. The van der Waals surface area contributed by atoms with Crippen molar-refractivity contribution in [2.24, 2.45) is 0 Å². The third kappa shape index (κ3) is 4.37. The van der Waals surface area contributed by atoms with Crippen molar-refractivity contribution in [1.82, 2.24) is 9.55 Å². The highest BCUT2D eigenvalue weighted by molar-refractivity contribution is 5.89. The van der Waals surface area contributed by atoms with Crippen LogP contribution in [0.15, 0.2) is 66.4 Å². The second-order valence-corrected chi connectivity index (χ2v) is 7.27. The Kier molecular flexibility index (Phi) is 5.98. The monoisotopic (exact) mass is 434 g/mol. The van der Waals surface area contributed by atoms with Gasteiger partial charge in [0.25, 0.3) is 0 Å². The average molecular weight is 434 g/mol. The Hall–Kier alpha value is -4.00. The van der Waals surface area contributed by atoms with Crippen LogP contribution >= 0.6 is 0 Å². The van der Waals surface area contributed by atoms with Gasteiger partial charge in [0.15, 0.2) is 6.29 Å². The molecule has 4 aromatic rings. The van der Waals surface area contributed by atoms with Gasteiger partial charge in [0.2, 0.25) is 0 Å². The van der Waals surface area contributed by atoms with Gasteiger partial charge >= 0.3 is 0 Å². The SMILES string of the molecule is O=CC1=Cc2ccc(F)cc2C1.O=Cc1cc2ccc(F)cc2n1Cc1ncccc1F. The fraction of sp³-hybridized carbons (Fsp3) is 0.0800. The van der Waals surface area contributed by atoms with Gasteiger partial charge in [-0.05, 0) is 71.3 Å². The van der Waals surface area contributed by atoms with Gasteiger partial charge in [-0.2, -0.15) is 0 Å². The van der Waals surface area contributed by atoms with Crippen LogP contribution in [0.4, 0.5) is 13.2 Å². The Bertz CT molecular complexity index is 1360. The van der Waals surface area contributed by atoms with E-state index in [1.165, 1.54) is 42.6 Å². The Morgan fingerprint density at radius 1 is 0.938 bits per heavy atom. The van der Waals surface area contributed by atoms with E-state index in [1.54, 1.807) is 28.8 Å². The van der Waals surface area contributed by atoms with Gasteiger partial charge in [0, 0.05) is 18.0 Å². The molecule has 5 rings (SSSR count). The highest BCUT2D eigenvalue weighted by atomic mass is 19.1. The van der Waals surface area contributed by atoms with Crippen LogP contribution in [0.5, 0.6) is 0 Å². The van der Waals surface area contributed by atoms with Crippen LogP contribution in [-0.2, 0) is 17.8 Å². The highest BCUT2D eigenvalue weighted by Gasteiger charge is 2.13. The molecule has 0 fully saturated rings. The first-order valence-electron chi connectivity index (χ1n) is 9.76. The molecule has 0 N–H and O–H groups in total. The maximum absolute atomic E-state index is 13.7. The van der Waals surface area contributed by atoms with Gasteiger partial charge < -0.3 is 4.57 Å². The summed E-state index contributed by atoms with van der Waals surface area (Å²) in [4.78, 5) is 25.5. The van der Waals surface area contributed by atoms with Crippen molar-refractivity contribution in [2.45, 2.75) is 13.0 Å². The minimum absolute atomic E-state index is 0.0771. The third-order valence-electron chi connectivity index (χ3n) is 5.15. The Labute approximate surface area is 181 Å². The number of hydrogen-bond donors (Lipinski definition) is 0. The molecular weight excluding hydrogens is 417 g/mol. The molecule has 0 amide bonds. The molecule has 1 aliphatic carbocycles. The standard InChI is InChI=1S/C15H10F2N2O.C10H7FO/c16-11-4-3-10-6-12(9-20)19(15(10)7-11)8-14-13(17)2-1-5-18-14;11-10-2-1-8-3-7(6-12)4-9(8)5-10/h1-7,9H,8H2;1-3,5-6H,4H2. The first kappa shape index (κ1) is 21.2. The second-order valence-electron chi connectivity index (χ2n) is 7.27. The molecule has 7 heteroatoms. The predicted octanol–water partition coefficient (Wildman–Crippen LogP) is 5.14. The normalized spacial score (nSPS) is 12.0. The molecule has 4 nitrogen and oxygen atoms in total. The minimum Gasteiger partial charge on any atom is -0.332 e. The third-order valence-corrected chi connectivity index (χ3v) is 5.15. The molecule has 2 aromatic carbocycles. The molecule has 2 aromatic heterocycles. The number of aromatic nitrogens is 2. The first-order valence-corrected chi connectivity index (χ1v) is 9.76. The molecule has 0 saturated heterocycles. The number of halogens is 3. The molecule has 0 radical (unpaired) electrons. The van der Waals surface area contributed by atoms with Gasteiger partial charge in [-0.25, -0.2) is 13.2 Å². The number of hydrogen-bond acceptors (Lipinski definition) is 3. The lowest BCUT2D eigenvalue weighted by molar-refractivity contribution is -0.104. The fourth-order valence-corrected chi connectivity index (χ4v) is 3.62. The van der Waals surface area contributed by atoms with E-state index < -0.39 is 11.6 Å². The van der Waals surface area contributed by atoms with Crippen molar-refractivity contribution in [3.8, 4) is 0 Å². The molecule has 160 valence electrons. The number of pyridine rings is 1. The van der Waals surface area contributed by atoms with Crippen LogP contribution in [-0.4, -0.2) is 22.1 Å². The number of benzene rings is 2. The van der Waals surface area contributed by atoms with Crippen LogP contribution < -0.4 is 0 Å². The van der Waals surface area contributed by atoms with E-state index in [0.717, 1.165) is 28.4 Å². The van der Waals surface area contributed by atoms with Gasteiger partial charge in [0.05, 0.1) is 23.4 Å². The van der Waals surface area contributed by atoms with E-state index in [9.17, 15) is 22.8 Å². The maximum Gasteiger partial charge on any atom is 0.166 e. The van der Waals surface area contributed by atoms with Gasteiger partial charge in [-0.1, -0.05) is 6.07 Å². The largest absolute Gasteiger partial charge is 0.332 e. The van der Waals surface area contributed by atoms with Crippen molar-refractivity contribution in [2.75, 3.05) is 0 Å². The second kappa shape index (κ2) is 9.01. The summed E-state index contributed by atoms with van der Waals surface area (Å²) in [5, 5.41) is 0.727. The summed E-state index contributed by atoms with van der Waals surface area (Å²) >= 11 is 0. The summed E-state index contributed by atoms with van der Waals surface area (Å²) in [6.45, 7) is 0.0771. The molecule has 2 heterocycles. The van der Waals surface area contributed by atoms with E-state index in [4.69, 9.17) is 0 Å². The molecule has 0 aliphatic heterocycles. The maximum atomic E-state index is 13.7. The number of nitrogens with zero attached hydrogens (tertiary/aromatic N) is 2. The summed E-state index contributed by atoms with van der Waals surface area (Å²) in [5.41, 5.74) is 3.68. The van der Waals surface area contributed by atoms with Crippen molar-refractivity contribution < 1.29 is 22.8 Å². The van der Waals surface area contributed by atoms with Gasteiger partial charge in [-0.15, -0.1) is 0 Å². The summed E-state index contributed by atoms with van der Waals surface area (Å²) < 4.78 is 41.2. The zero-order valence-corrected chi connectivity index (χ0v) is 16.8. The van der Waals surface area contributed by atoms with Crippen LogP contribution in [0.25, 0.3) is 17.0 Å². The molecule has 0 unspecified atom stereocenters. The topological polar surface area (TPSA) is 52.0 Å². The summed E-state index contributed by atoms with van der Waals surface area (Å²) in [7, 11) is 0. The number of carbonyl (C=O) groups excluding carboxylic acids is 2. The van der Waals surface area contributed by atoms with E-state index in [1.807, 2.05) is 0 Å². The van der Waals surface area contributed by atoms with Gasteiger partial charge in [0.1, 0.15) is 23.7 Å². The van der Waals surface area contributed by atoms with Crippen LogP contribution in [0, 0.1) is 17.5 Å². The van der Waals surface area contributed by atoms with Gasteiger partial charge in [-0.3, -0.25) is 14.6 Å². The zero-order valence-electron chi connectivity index (χ0n) is 16.8. The van der Waals surface area contributed by atoms with Crippen molar-refractivity contribution in [3.05, 3.63) is 106 Å². The molecule has 1 aliphatic rings. The molecule has 32 heavy (non-hydrogen) atoms. The van der Waals surface area contributed by atoms with Crippen molar-refractivity contribution in [3.63, 3.8) is 0 Å². The molecule has 0 bridgehead atoms. The Balaban J connectivity index is 0.000000174. The Morgan fingerprint density at radius 2 is 1.72 bits per heavy atom. The van der Waals surface area contributed by atoms with E-state index in [2.05, 4.69) is 4.98 Å². The summed E-state index contributed by atoms with van der Waals surface area (Å²) in [6, 6.07) is 13.2. The summed E-state index contributed by atoms with van der Waals surface area (Å²) in [5.74, 6) is -1.10. The lowest BCUT2D eigenvalue weighted by Crippen LogP contribution is -2.07. The van der Waals surface area contributed by atoms with E-state index in [-0.39, 0.29) is 18.1 Å². The van der Waals surface area contributed by atoms with Crippen LogP contribution in [0.1, 0.15) is 27.3 Å². The fourth-order valence-electron chi connectivity index (χ4n) is 3.62. The van der Waals surface area contributed by atoms with E-state index in [0.29, 0.717) is 23.9 Å².